The molecule has 0 aromatic heterocycles. The Labute approximate surface area is 103 Å². The Morgan fingerprint density at radius 3 is 2.44 bits per heavy atom. The standard InChI is InChI=1S/C14H21NS/c1-15-14(10-16-2)13-8-6-12(7-9-13)11-4-3-5-11/h6-9,11,14-15H,3-5,10H2,1-2H3. The predicted octanol–water partition coefficient (Wildman–Crippen LogP) is 3.58. The van der Waals surface area contributed by atoms with Crippen LogP contribution in [-0.2, 0) is 0 Å². The normalized spacial score (nSPS) is 18.1. The monoisotopic (exact) mass is 235 g/mol. The fraction of sp³-hybridized carbons (Fsp3) is 0.571. The molecule has 0 saturated heterocycles. The highest BCUT2D eigenvalue weighted by molar-refractivity contribution is 7.98. The minimum Gasteiger partial charge on any atom is -0.312 e. The minimum atomic E-state index is 0.491. The molecule has 0 amide bonds. The predicted molar refractivity (Wildman–Crippen MR) is 73.2 cm³/mol. The van der Waals surface area contributed by atoms with Crippen molar-refractivity contribution in [3.63, 3.8) is 0 Å². The van der Waals surface area contributed by atoms with Gasteiger partial charge >= 0.3 is 0 Å². The number of benzene rings is 1. The Kier molecular flexibility index (Phi) is 4.30. The van der Waals surface area contributed by atoms with Crippen molar-refractivity contribution < 1.29 is 0 Å². The van der Waals surface area contributed by atoms with Crippen LogP contribution in [0.1, 0.15) is 42.3 Å². The van der Waals surface area contributed by atoms with Gasteiger partial charge in [0.15, 0.2) is 0 Å². The van der Waals surface area contributed by atoms with Crippen LogP contribution in [0, 0.1) is 0 Å². The summed E-state index contributed by atoms with van der Waals surface area (Å²) in [4.78, 5) is 0. The molecule has 0 heterocycles. The van der Waals surface area contributed by atoms with Gasteiger partial charge in [-0.1, -0.05) is 30.7 Å². The van der Waals surface area contributed by atoms with Crippen LogP contribution < -0.4 is 5.32 Å². The maximum Gasteiger partial charge on any atom is 0.0409 e. The molecule has 1 fully saturated rings. The topological polar surface area (TPSA) is 12.0 Å². The van der Waals surface area contributed by atoms with E-state index < -0.39 is 0 Å². The molecule has 2 heteroatoms. The first-order valence-corrected chi connectivity index (χ1v) is 7.50. The molecular weight excluding hydrogens is 214 g/mol. The molecule has 1 nitrogen and oxygen atoms in total. The Morgan fingerprint density at radius 2 is 2.00 bits per heavy atom. The second kappa shape index (κ2) is 5.74. The quantitative estimate of drug-likeness (QED) is 0.837. The van der Waals surface area contributed by atoms with Gasteiger partial charge < -0.3 is 5.32 Å². The van der Waals surface area contributed by atoms with Crippen molar-refractivity contribution in [2.45, 2.75) is 31.2 Å². The zero-order valence-electron chi connectivity index (χ0n) is 10.2. The van der Waals surface area contributed by atoms with Crippen molar-refractivity contribution in [2.75, 3.05) is 19.1 Å². The Hall–Kier alpha value is -0.470. The van der Waals surface area contributed by atoms with Crippen LogP contribution in [0.15, 0.2) is 24.3 Å². The summed E-state index contributed by atoms with van der Waals surface area (Å²) in [5.41, 5.74) is 2.95. The first-order valence-electron chi connectivity index (χ1n) is 6.11. The van der Waals surface area contributed by atoms with Gasteiger partial charge in [-0.15, -0.1) is 0 Å². The smallest absolute Gasteiger partial charge is 0.0409 e. The molecule has 1 aliphatic carbocycles. The van der Waals surface area contributed by atoms with Crippen LogP contribution in [0.25, 0.3) is 0 Å². The fourth-order valence-electron chi connectivity index (χ4n) is 2.25. The molecule has 0 spiro atoms. The molecule has 0 bridgehead atoms. The molecule has 0 radical (unpaired) electrons. The summed E-state index contributed by atoms with van der Waals surface area (Å²) in [7, 11) is 2.04. The molecule has 1 unspecified atom stereocenters. The lowest BCUT2D eigenvalue weighted by Crippen LogP contribution is -2.18. The number of thioether (sulfide) groups is 1. The van der Waals surface area contributed by atoms with E-state index in [1.165, 1.54) is 30.4 Å². The first kappa shape index (κ1) is 12.0. The van der Waals surface area contributed by atoms with Gasteiger partial charge in [0.05, 0.1) is 0 Å². The summed E-state index contributed by atoms with van der Waals surface area (Å²) in [5.74, 6) is 1.99. The molecule has 1 aromatic rings. The molecule has 1 saturated carbocycles. The van der Waals surface area contributed by atoms with E-state index in [9.17, 15) is 0 Å². The van der Waals surface area contributed by atoms with Crippen molar-refractivity contribution in [2.24, 2.45) is 0 Å². The van der Waals surface area contributed by atoms with E-state index in [1.807, 2.05) is 18.8 Å². The lowest BCUT2D eigenvalue weighted by molar-refractivity contribution is 0.419. The van der Waals surface area contributed by atoms with Gasteiger partial charge in [0, 0.05) is 11.8 Å². The van der Waals surface area contributed by atoms with E-state index in [-0.39, 0.29) is 0 Å². The number of rotatable bonds is 5. The summed E-state index contributed by atoms with van der Waals surface area (Å²) >= 11 is 1.89. The Balaban J connectivity index is 2.04. The number of hydrogen-bond donors (Lipinski definition) is 1. The van der Waals surface area contributed by atoms with E-state index >= 15 is 0 Å². The first-order chi connectivity index (χ1) is 7.85. The maximum absolute atomic E-state index is 3.38. The average molecular weight is 235 g/mol. The lowest BCUT2D eigenvalue weighted by atomic mass is 9.80. The maximum atomic E-state index is 3.38. The molecule has 88 valence electrons. The molecule has 1 atom stereocenters. The highest BCUT2D eigenvalue weighted by atomic mass is 32.2. The summed E-state index contributed by atoms with van der Waals surface area (Å²) in [6, 6.07) is 9.73. The third-order valence-electron chi connectivity index (χ3n) is 3.60. The lowest BCUT2D eigenvalue weighted by Gasteiger charge is -2.26. The summed E-state index contributed by atoms with van der Waals surface area (Å²) in [5, 5.41) is 3.38. The van der Waals surface area contributed by atoms with Crippen LogP contribution in [0.2, 0.25) is 0 Å². The molecule has 1 aliphatic rings. The third-order valence-corrected chi connectivity index (χ3v) is 4.26. The highest BCUT2D eigenvalue weighted by Crippen LogP contribution is 2.36. The van der Waals surface area contributed by atoms with Gasteiger partial charge in [0.1, 0.15) is 0 Å². The zero-order valence-corrected chi connectivity index (χ0v) is 11.0. The van der Waals surface area contributed by atoms with Crippen molar-refractivity contribution in [1.29, 1.82) is 0 Å². The summed E-state index contributed by atoms with van der Waals surface area (Å²) < 4.78 is 0. The zero-order chi connectivity index (χ0) is 11.4. The van der Waals surface area contributed by atoms with E-state index in [0.29, 0.717) is 6.04 Å². The molecule has 0 aliphatic heterocycles. The van der Waals surface area contributed by atoms with Crippen molar-refractivity contribution in [1.82, 2.24) is 5.32 Å². The second-order valence-electron chi connectivity index (χ2n) is 4.59. The Bertz CT molecular complexity index is 316. The van der Waals surface area contributed by atoms with Crippen LogP contribution >= 0.6 is 11.8 Å². The summed E-state index contributed by atoms with van der Waals surface area (Å²) in [6.07, 6.45) is 6.35. The van der Waals surface area contributed by atoms with Gasteiger partial charge in [-0.05, 0) is 43.2 Å². The van der Waals surface area contributed by atoms with E-state index in [2.05, 4.69) is 35.8 Å². The van der Waals surface area contributed by atoms with Gasteiger partial charge in [-0.3, -0.25) is 0 Å². The van der Waals surface area contributed by atoms with Crippen molar-refractivity contribution in [3.8, 4) is 0 Å². The highest BCUT2D eigenvalue weighted by Gasteiger charge is 2.19. The van der Waals surface area contributed by atoms with Gasteiger partial charge in [-0.2, -0.15) is 11.8 Å². The number of hydrogen-bond acceptors (Lipinski definition) is 2. The molecular formula is C14H21NS. The van der Waals surface area contributed by atoms with E-state index in [4.69, 9.17) is 0 Å². The number of nitrogens with one attached hydrogen (secondary N) is 1. The van der Waals surface area contributed by atoms with Gasteiger partial charge in [-0.25, -0.2) is 0 Å². The van der Waals surface area contributed by atoms with Crippen molar-refractivity contribution >= 4 is 11.8 Å². The molecule has 16 heavy (non-hydrogen) atoms. The third kappa shape index (κ3) is 2.61. The van der Waals surface area contributed by atoms with Crippen molar-refractivity contribution in [3.05, 3.63) is 35.4 Å². The fourth-order valence-corrected chi connectivity index (χ4v) is 2.95. The van der Waals surface area contributed by atoms with Crippen LogP contribution in [-0.4, -0.2) is 19.1 Å². The molecule has 2 rings (SSSR count). The largest absolute Gasteiger partial charge is 0.312 e. The second-order valence-corrected chi connectivity index (χ2v) is 5.50. The van der Waals surface area contributed by atoms with E-state index in [1.54, 1.807) is 0 Å². The van der Waals surface area contributed by atoms with Gasteiger partial charge in [0.25, 0.3) is 0 Å². The summed E-state index contributed by atoms with van der Waals surface area (Å²) in [6.45, 7) is 0. The Morgan fingerprint density at radius 1 is 1.31 bits per heavy atom. The van der Waals surface area contributed by atoms with Crippen LogP contribution in [0.3, 0.4) is 0 Å². The molecule has 1 aromatic carbocycles. The average Bonchev–Trinajstić information content (AvgIpc) is 2.25. The SMILES string of the molecule is CNC(CSC)c1ccc(C2CCC2)cc1. The minimum absolute atomic E-state index is 0.491. The van der Waals surface area contributed by atoms with E-state index in [0.717, 1.165) is 11.7 Å². The van der Waals surface area contributed by atoms with Crippen LogP contribution in [0.5, 0.6) is 0 Å². The molecule has 1 N–H and O–H groups in total. The van der Waals surface area contributed by atoms with Crippen LogP contribution in [0.4, 0.5) is 0 Å². The van der Waals surface area contributed by atoms with Gasteiger partial charge in [0.2, 0.25) is 0 Å².